The fourth-order valence-electron chi connectivity index (χ4n) is 4.68. The van der Waals surface area contributed by atoms with Gasteiger partial charge in [-0.25, -0.2) is 0 Å². The Labute approximate surface area is 226 Å². The lowest BCUT2D eigenvalue weighted by Crippen LogP contribution is -2.39. The van der Waals surface area contributed by atoms with Crippen LogP contribution in [-0.2, 0) is 23.2 Å². The summed E-state index contributed by atoms with van der Waals surface area (Å²) in [6, 6.07) is -0.332. The Hall–Kier alpha value is -0.790. The van der Waals surface area contributed by atoms with Crippen molar-refractivity contribution in [2.75, 3.05) is 47.4 Å². The topological polar surface area (TPSA) is 96.0 Å². The second-order valence-corrected chi connectivity index (χ2v) is 13.1. The molecule has 1 rings (SSSR count). The lowest BCUT2D eigenvalue weighted by molar-refractivity contribution is -0.870. The highest BCUT2D eigenvalue weighted by Gasteiger charge is 2.30. The van der Waals surface area contributed by atoms with Crippen LogP contribution in [0.2, 0.25) is 0 Å². The summed E-state index contributed by atoms with van der Waals surface area (Å²) in [5.74, 6) is -0.254. The number of carbonyl (C=O) groups is 2. The molecule has 1 heterocycles. The summed E-state index contributed by atoms with van der Waals surface area (Å²) in [6.45, 7) is 3.24. The number of ketones is 1. The molecule has 0 spiro atoms. The molecule has 0 aromatic carbocycles. The summed E-state index contributed by atoms with van der Waals surface area (Å²) in [7, 11) is 1.42. The van der Waals surface area contributed by atoms with Gasteiger partial charge in [-0.3, -0.25) is 14.2 Å². The Bertz CT molecular complexity index is 682. The van der Waals surface area contributed by atoms with Gasteiger partial charge in [-0.1, -0.05) is 84.0 Å². The molecule has 0 aliphatic carbocycles. The summed E-state index contributed by atoms with van der Waals surface area (Å²) in [6.07, 6.45) is 18.1. The maximum Gasteiger partial charge on any atom is 0.268 e. The molecule has 218 valence electrons. The zero-order valence-electron chi connectivity index (χ0n) is 24.2. The summed E-state index contributed by atoms with van der Waals surface area (Å²) < 4.78 is 22.6. The van der Waals surface area contributed by atoms with Crippen LogP contribution in [0.3, 0.4) is 0 Å². The lowest BCUT2D eigenvalue weighted by atomic mass is 10.0. The van der Waals surface area contributed by atoms with Gasteiger partial charge in [0.05, 0.1) is 40.2 Å². The molecule has 9 heteroatoms. The first-order chi connectivity index (χ1) is 17.5. The zero-order valence-corrected chi connectivity index (χ0v) is 25.1. The van der Waals surface area contributed by atoms with Gasteiger partial charge in [0.1, 0.15) is 18.9 Å². The van der Waals surface area contributed by atoms with Crippen LogP contribution in [0.25, 0.3) is 0 Å². The molecule has 0 bridgehead atoms. The van der Waals surface area contributed by atoms with Gasteiger partial charge in [0.15, 0.2) is 0 Å². The quantitative estimate of drug-likeness (QED) is 0.0714. The number of likely N-dealkylation sites (N-methyl/N-ethyl adjacent to an activating group) is 1. The first kappa shape index (κ1) is 34.2. The van der Waals surface area contributed by atoms with Crippen LogP contribution in [0.15, 0.2) is 0 Å². The summed E-state index contributed by atoms with van der Waals surface area (Å²) in [5, 5.41) is 0. The third kappa shape index (κ3) is 18.2. The average molecular weight is 547 g/mol. The number of quaternary nitrogens is 1. The molecule has 1 aliphatic heterocycles. The monoisotopic (exact) mass is 546 g/mol. The number of carbonyl (C=O) groups excluding carboxylic acids is 2. The molecule has 37 heavy (non-hydrogen) atoms. The largest absolute Gasteiger partial charge is 0.756 e. The molecule has 0 N–H and O–H groups in total. The van der Waals surface area contributed by atoms with E-state index in [4.69, 9.17) is 9.05 Å². The molecule has 1 unspecified atom stereocenters. The number of rotatable bonds is 23. The third-order valence-corrected chi connectivity index (χ3v) is 8.01. The highest BCUT2D eigenvalue weighted by atomic mass is 31.2. The Morgan fingerprint density at radius 3 is 1.97 bits per heavy atom. The fraction of sp³-hybridized carbons (Fsp3) is 0.929. The molecule has 1 saturated heterocycles. The van der Waals surface area contributed by atoms with Crippen molar-refractivity contribution in [3.63, 3.8) is 0 Å². The van der Waals surface area contributed by atoms with Gasteiger partial charge in [-0.2, -0.15) is 0 Å². The molecule has 0 radical (unpaired) electrons. The molecular weight excluding hydrogens is 491 g/mol. The van der Waals surface area contributed by atoms with E-state index in [9.17, 15) is 19.0 Å². The Kier molecular flexibility index (Phi) is 17.9. The molecule has 1 fully saturated rings. The average Bonchev–Trinajstić information content (AvgIpc) is 3.29. The van der Waals surface area contributed by atoms with Crippen molar-refractivity contribution in [1.82, 2.24) is 4.90 Å². The summed E-state index contributed by atoms with van der Waals surface area (Å²) in [4.78, 5) is 38.7. The molecule has 0 saturated carbocycles. The smallest absolute Gasteiger partial charge is 0.268 e. The maximum absolute atomic E-state index is 12.7. The minimum atomic E-state index is -4.42. The Morgan fingerprint density at radius 1 is 0.892 bits per heavy atom. The number of phosphoric ester groups is 1. The van der Waals surface area contributed by atoms with Crippen molar-refractivity contribution in [3.05, 3.63) is 0 Å². The highest BCUT2D eigenvalue weighted by molar-refractivity contribution is 7.45. The fourth-order valence-corrected chi connectivity index (χ4v) is 5.41. The molecule has 0 aromatic rings. The normalized spacial score (nSPS) is 17.8. The zero-order chi connectivity index (χ0) is 27.6. The van der Waals surface area contributed by atoms with E-state index in [1.54, 1.807) is 4.90 Å². The molecule has 1 aliphatic rings. The second-order valence-electron chi connectivity index (χ2n) is 11.7. The minimum absolute atomic E-state index is 0.0298. The lowest BCUT2D eigenvalue weighted by Gasteiger charge is -2.30. The van der Waals surface area contributed by atoms with Gasteiger partial charge in [-0.15, -0.1) is 0 Å². The number of likely N-dealkylation sites (tertiary alicyclic amines) is 1. The molecule has 8 nitrogen and oxygen atoms in total. The van der Waals surface area contributed by atoms with Crippen LogP contribution < -0.4 is 4.89 Å². The number of Topliss-reactive ketones (excluding diaryl/α,β-unsaturated/α-hetero) is 1. The van der Waals surface area contributed by atoms with Gasteiger partial charge in [0.2, 0.25) is 5.91 Å². The van der Waals surface area contributed by atoms with E-state index >= 15 is 0 Å². The number of nitrogens with zero attached hydrogens (tertiary/aromatic N) is 2. The predicted octanol–water partition coefficient (Wildman–Crippen LogP) is 5.63. The standard InChI is InChI=1S/C28H55N2O6P/c1-5-6-7-8-9-10-11-12-13-14-15-16-17-20-27(31)24-28(32)29-21-18-19-26(29)25-36-37(33,34)35-23-22-30(2,3)4/h26H,5-25H2,1-4H3/t26-/m0/s1. The number of phosphoric acid groups is 1. The van der Waals surface area contributed by atoms with Gasteiger partial charge < -0.3 is 23.3 Å². The molecular formula is C28H55N2O6P. The van der Waals surface area contributed by atoms with Gasteiger partial charge in [0, 0.05) is 13.0 Å². The van der Waals surface area contributed by atoms with Gasteiger partial charge in [-0.05, 0) is 19.3 Å². The first-order valence-corrected chi connectivity index (χ1v) is 16.2. The van der Waals surface area contributed by atoms with Crippen molar-refractivity contribution in [1.29, 1.82) is 0 Å². The SMILES string of the molecule is CCCCCCCCCCCCCCCC(=O)CC(=O)N1CCC[C@H]1COP(=O)([O-])OCC[N+](C)(C)C. The van der Waals surface area contributed by atoms with Gasteiger partial charge >= 0.3 is 0 Å². The van der Waals surface area contributed by atoms with Crippen LogP contribution in [0, 0.1) is 0 Å². The molecule has 2 atom stereocenters. The van der Waals surface area contributed by atoms with Crippen molar-refractivity contribution in [2.45, 2.75) is 122 Å². The van der Waals surface area contributed by atoms with Crippen molar-refractivity contribution in [3.8, 4) is 0 Å². The number of hydrogen-bond acceptors (Lipinski definition) is 6. The van der Waals surface area contributed by atoms with E-state index in [0.717, 1.165) is 25.7 Å². The van der Waals surface area contributed by atoms with Crippen LogP contribution in [0.5, 0.6) is 0 Å². The molecule has 0 aromatic heterocycles. The predicted molar refractivity (Wildman–Crippen MR) is 147 cm³/mol. The van der Waals surface area contributed by atoms with Crippen molar-refractivity contribution >= 4 is 19.5 Å². The first-order valence-electron chi connectivity index (χ1n) is 14.8. The van der Waals surface area contributed by atoms with E-state index in [0.29, 0.717) is 30.4 Å². The van der Waals surface area contributed by atoms with Crippen LogP contribution in [0.4, 0.5) is 0 Å². The van der Waals surface area contributed by atoms with E-state index in [-0.39, 0.29) is 37.4 Å². The van der Waals surface area contributed by atoms with Crippen LogP contribution in [0.1, 0.15) is 116 Å². The highest BCUT2D eigenvalue weighted by Crippen LogP contribution is 2.39. The second kappa shape index (κ2) is 19.3. The Morgan fingerprint density at radius 2 is 1.43 bits per heavy atom. The van der Waals surface area contributed by atoms with E-state index in [1.165, 1.54) is 64.2 Å². The summed E-state index contributed by atoms with van der Waals surface area (Å²) in [5.41, 5.74) is 0. The number of amides is 1. The van der Waals surface area contributed by atoms with E-state index in [1.807, 2.05) is 21.1 Å². The van der Waals surface area contributed by atoms with Crippen molar-refractivity contribution in [2.24, 2.45) is 0 Å². The van der Waals surface area contributed by atoms with E-state index < -0.39 is 7.82 Å². The number of unbranched alkanes of at least 4 members (excludes halogenated alkanes) is 12. The molecule has 1 amide bonds. The number of hydrogen-bond donors (Lipinski definition) is 0. The van der Waals surface area contributed by atoms with E-state index in [2.05, 4.69) is 6.92 Å². The Balaban J connectivity index is 2.13. The minimum Gasteiger partial charge on any atom is -0.756 e. The third-order valence-electron chi connectivity index (χ3n) is 7.04. The van der Waals surface area contributed by atoms with Crippen LogP contribution in [-0.4, -0.2) is 74.6 Å². The van der Waals surface area contributed by atoms with Gasteiger partial charge in [0.25, 0.3) is 7.82 Å². The van der Waals surface area contributed by atoms with Crippen LogP contribution >= 0.6 is 7.82 Å². The summed E-state index contributed by atoms with van der Waals surface area (Å²) >= 11 is 0. The van der Waals surface area contributed by atoms with Crippen molar-refractivity contribution < 1.29 is 32.6 Å². The maximum atomic E-state index is 12.7.